The van der Waals surface area contributed by atoms with Gasteiger partial charge in [-0.3, -0.25) is 9.79 Å². The summed E-state index contributed by atoms with van der Waals surface area (Å²) in [7, 11) is -4.96. The number of ether oxygens (including phenoxy) is 3. The number of aliphatic hydroxyl groups excluding tert-OH is 1. The highest BCUT2D eigenvalue weighted by atomic mass is 31.2. The van der Waals surface area contributed by atoms with Gasteiger partial charge in [0.15, 0.2) is 17.7 Å². The quantitative estimate of drug-likeness (QED) is 0.484. The van der Waals surface area contributed by atoms with Gasteiger partial charge >= 0.3 is 13.8 Å². The molecule has 1 fully saturated rings. The molecule has 2 rings (SSSR count). The lowest BCUT2D eigenvalue weighted by Crippen LogP contribution is -2.32. The van der Waals surface area contributed by atoms with Crippen LogP contribution in [0.1, 0.15) is 13.8 Å². The van der Waals surface area contributed by atoms with Gasteiger partial charge in [-0.15, -0.1) is 0 Å². The molecule has 10 heteroatoms. The topological polar surface area (TPSA) is 132 Å². The van der Waals surface area contributed by atoms with E-state index in [0.717, 1.165) is 0 Å². The van der Waals surface area contributed by atoms with E-state index in [1.165, 1.54) is 0 Å². The van der Waals surface area contributed by atoms with Crippen LogP contribution in [-0.2, 0) is 28.1 Å². The molecule has 3 N–H and O–H groups in total. The van der Waals surface area contributed by atoms with Crippen molar-refractivity contribution in [1.29, 1.82) is 0 Å². The molecule has 2 atom stereocenters. The normalized spacial score (nSPS) is 30.6. The molecule has 0 amide bonds. The zero-order valence-corrected chi connectivity index (χ0v) is 11.0. The number of esters is 1. The van der Waals surface area contributed by atoms with Crippen molar-refractivity contribution in [2.24, 2.45) is 0 Å². The van der Waals surface area contributed by atoms with Gasteiger partial charge in [-0.25, -0.2) is 9.36 Å². The molecule has 0 spiro atoms. The van der Waals surface area contributed by atoms with Crippen LogP contribution in [-0.4, -0.2) is 45.5 Å². The second-order valence-electron chi connectivity index (χ2n) is 4.49. The van der Waals surface area contributed by atoms with Gasteiger partial charge in [-0.2, -0.15) is 0 Å². The summed E-state index contributed by atoms with van der Waals surface area (Å²) in [4.78, 5) is 28.6. The number of carbonyl (C=O) groups excluding carboxylic acids is 1. The number of hydrogen-bond acceptors (Lipinski definition) is 7. The minimum atomic E-state index is -4.96. The standard InChI is InChI=1S/C9H13O9P/c1-9(2)15-3-4(17-9)6-5(10)7(8(11)16-6)18-19(12,13)14/h4,6,10H,3H2,1-2H3,(H2,12,13,14)/t4-,6+/m0/s1. The second-order valence-corrected chi connectivity index (χ2v) is 5.65. The Kier molecular flexibility index (Phi) is 3.36. The van der Waals surface area contributed by atoms with Crippen molar-refractivity contribution in [1.82, 2.24) is 0 Å². The Bertz CT molecular complexity index is 476. The minimum Gasteiger partial charge on any atom is -0.505 e. The van der Waals surface area contributed by atoms with Crippen LogP contribution in [0.5, 0.6) is 0 Å². The van der Waals surface area contributed by atoms with E-state index in [0.29, 0.717) is 0 Å². The fourth-order valence-corrected chi connectivity index (χ4v) is 2.18. The minimum absolute atomic E-state index is 0.0538. The van der Waals surface area contributed by atoms with Crippen molar-refractivity contribution >= 4 is 13.8 Å². The lowest BCUT2D eigenvalue weighted by atomic mass is 10.2. The fraction of sp³-hybridized carbons (Fsp3) is 0.667. The summed E-state index contributed by atoms with van der Waals surface area (Å²) < 4.78 is 30.2. The summed E-state index contributed by atoms with van der Waals surface area (Å²) in [6, 6.07) is 0. The Balaban J connectivity index is 2.17. The van der Waals surface area contributed by atoms with Crippen molar-refractivity contribution in [2.75, 3.05) is 6.61 Å². The van der Waals surface area contributed by atoms with Crippen LogP contribution in [0.4, 0.5) is 0 Å². The largest absolute Gasteiger partial charge is 0.525 e. The van der Waals surface area contributed by atoms with Crippen LogP contribution < -0.4 is 0 Å². The average molecular weight is 296 g/mol. The van der Waals surface area contributed by atoms with Gasteiger partial charge in [0.25, 0.3) is 5.76 Å². The molecule has 0 aromatic rings. The third kappa shape index (κ3) is 3.07. The Morgan fingerprint density at radius 1 is 1.42 bits per heavy atom. The Hall–Kier alpha value is -1.12. The lowest BCUT2D eigenvalue weighted by Gasteiger charge is -2.19. The van der Waals surface area contributed by atoms with Crippen molar-refractivity contribution in [3.05, 3.63) is 11.5 Å². The number of carbonyl (C=O) groups is 1. The van der Waals surface area contributed by atoms with E-state index < -0.39 is 43.3 Å². The number of hydrogen-bond donors (Lipinski definition) is 3. The molecular weight excluding hydrogens is 283 g/mol. The molecule has 2 heterocycles. The maximum Gasteiger partial charge on any atom is 0.525 e. The number of phosphoric acid groups is 1. The number of rotatable bonds is 3. The van der Waals surface area contributed by atoms with Crippen molar-refractivity contribution in [2.45, 2.75) is 31.8 Å². The van der Waals surface area contributed by atoms with Crippen LogP contribution in [0.2, 0.25) is 0 Å². The van der Waals surface area contributed by atoms with Crippen molar-refractivity contribution in [3.63, 3.8) is 0 Å². The molecule has 0 aliphatic carbocycles. The Morgan fingerprint density at radius 2 is 2.05 bits per heavy atom. The zero-order chi connectivity index (χ0) is 14.4. The molecule has 9 nitrogen and oxygen atoms in total. The summed E-state index contributed by atoms with van der Waals surface area (Å²) >= 11 is 0. The van der Waals surface area contributed by atoms with Gasteiger partial charge in [0.2, 0.25) is 0 Å². The van der Waals surface area contributed by atoms with Crippen molar-refractivity contribution < 1.29 is 43.0 Å². The van der Waals surface area contributed by atoms with E-state index in [1.54, 1.807) is 13.8 Å². The third-order valence-electron chi connectivity index (χ3n) is 2.50. The maximum atomic E-state index is 11.4. The first-order valence-electron chi connectivity index (χ1n) is 5.30. The highest BCUT2D eigenvalue weighted by molar-refractivity contribution is 7.46. The van der Waals surface area contributed by atoms with Gasteiger partial charge < -0.3 is 23.8 Å². The first-order valence-corrected chi connectivity index (χ1v) is 6.83. The first kappa shape index (κ1) is 14.3. The van der Waals surface area contributed by atoms with E-state index in [9.17, 15) is 14.5 Å². The smallest absolute Gasteiger partial charge is 0.505 e. The van der Waals surface area contributed by atoms with Gasteiger partial charge in [-0.05, 0) is 13.8 Å². The summed E-state index contributed by atoms with van der Waals surface area (Å²) in [6.07, 6.45) is -1.99. The number of phosphoric ester groups is 1. The average Bonchev–Trinajstić information content (AvgIpc) is 2.71. The lowest BCUT2D eigenvalue weighted by molar-refractivity contribution is -0.163. The molecule has 2 aliphatic heterocycles. The molecule has 19 heavy (non-hydrogen) atoms. The van der Waals surface area contributed by atoms with Crippen LogP contribution in [0, 0.1) is 0 Å². The Labute approximate surface area is 108 Å². The molecule has 0 unspecified atom stereocenters. The van der Waals surface area contributed by atoms with Gasteiger partial charge in [-0.1, -0.05) is 0 Å². The van der Waals surface area contributed by atoms with Gasteiger partial charge in [0, 0.05) is 0 Å². The summed E-state index contributed by atoms with van der Waals surface area (Å²) in [5.74, 6) is -3.70. The van der Waals surface area contributed by atoms with Crippen LogP contribution in [0.25, 0.3) is 0 Å². The summed E-state index contributed by atoms with van der Waals surface area (Å²) in [5, 5.41) is 9.74. The maximum absolute atomic E-state index is 11.4. The van der Waals surface area contributed by atoms with Crippen molar-refractivity contribution in [3.8, 4) is 0 Å². The SMILES string of the molecule is CC1(C)OC[C@@H]([C@H]2OC(=O)C(OP(=O)(O)O)=C2O)O1. The number of cyclic esters (lactones) is 1. The first-order chi connectivity index (χ1) is 8.59. The van der Waals surface area contributed by atoms with E-state index in [4.69, 9.17) is 24.0 Å². The zero-order valence-electron chi connectivity index (χ0n) is 10.1. The molecule has 0 bridgehead atoms. The van der Waals surface area contributed by atoms with E-state index in [1.807, 2.05) is 0 Å². The van der Waals surface area contributed by atoms with Crippen LogP contribution in [0.15, 0.2) is 11.5 Å². The summed E-state index contributed by atoms with van der Waals surface area (Å²) in [5.41, 5.74) is 0. The van der Waals surface area contributed by atoms with Gasteiger partial charge in [0.05, 0.1) is 6.61 Å². The molecule has 0 radical (unpaired) electrons. The molecule has 0 aromatic heterocycles. The van der Waals surface area contributed by atoms with E-state index in [2.05, 4.69) is 4.52 Å². The molecule has 1 saturated heterocycles. The van der Waals surface area contributed by atoms with E-state index >= 15 is 0 Å². The second kappa shape index (κ2) is 4.46. The number of aliphatic hydroxyl groups is 1. The highest BCUT2D eigenvalue weighted by Gasteiger charge is 2.48. The van der Waals surface area contributed by atoms with Crippen LogP contribution >= 0.6 is 7.82 Å². The Morgan fingerprint density at radius 3 is 2.53 bits per heavy atom. The molecule has 2 aliphatic rings. The van der Waals surface area contributed by atoms with E-state index in [-0.39, 0.29) is 6.61 Å². The summed E-state index contributed by atoms with van der Waals surface area (Å²) in [6.45, 7) is 3.33. The predicted octanol–water partition coefficient (Wildman–Crippen LogP) is -0.0578. The fourth-order valence-electron chi connectivity index (χ4n) is 1.78. The molecule has 108 valence electrons. The molecule has 0 saturated carbocycles. The van der Waals surface area contributed by atoms with Gasteiger partial charge in [0.1, 0.15) is 6.10 Å². The molecular formula is C9H13O9P. The molecule has 0 aromatic carbocycles. The third-order valence-corrected chi connectivity index (χ3v) is 2.92. The predicted molar refractivity (Wildman–Crippen MR) is 57.6 cm³/mol. The monoisotopic (exact) mass is 296 g/mol. The van der Waals surface area contributed by atoms with Crippen LogP contribution in [0.3, 0.4) is 0 Å². The highest BCUT2D eigenvalue weighted by Crippen LogP contribution is 2.42.